The van der Waals surface area contributed by atoms with Gasteiger partial charge in [0.2, 0.25) is 0 Å². The molecule has 3 N–H and O–H groups in total. The second-order valence-electron chi connectivity index (χ2n) is 6.17. The number of amides is 2. The van der Waals surface area contributed by atoms with Gasteiger partial charge in [-0.05, 0) is 48.6 Å². The Morgan fingerprint density at radius 2 is 1.84 bits per heavy atom. The largest absolute Gasteiger partial charge is 0.466 e. The summed E-state index contributed by atoms with van der Waals surface area (Å²) < 4.78 is 5.30. The highest BCUT2D eigenvalue weighted by molar-refractivity contribution is 6.35. The van der Waals surface area contributed by atoms with E-state index in [4.69, 9.17) is 16.0 Å². The Bertz CT molecular complexity index is 741. The molecule has 1 unspecified atom stereocenters. The molecule has 2 amide bonds. The first kappa shape index (κ1) is 17.5. The number of nitrogens with one attached hydrogen (secondary N) is 2. The Kier molecular flexibility index (Phi) is 5.11. The quantitative estimate of drug-likeness (QED) is 0.685. The highest BCUT2D eigenvalue weighted by Gasteiger charge is 2.47. The van der Waals surface area contributed by atoms with E-state index >= 15 is 0 Å². The zero-order valence-electron chi connectivity index (χ0n) is 13.5. The number of furan rings is 1. The second-order valence-corrected chi connectivity index (χ2v) is 6.60. The van der Waals surface area contributed by atoms with Crippen LogP contribution in [0.1, 0.15) is 24.2 Å². The summed E-state index contributed by atoms with van der Waals surface area (Å²) in [6.45, 7) is 0.146. The third-order valence-corrected chi connectivity index (χ3v) is 4.54. The fourth-order valence-corrected chi connectivity index (χ4v) is 2.80. The zero-order chi connectivity index (χ0) is 17.9. The lowest BCUT2D eigenvalue weighted by Crippen LogP contribution is -2.47. The summed E-state index contributed by atoms with van der Waals surface area (Å²) in [7, 11) is 0. The molecule has 6 nitrogen and oxygen atoms in total. The van der Waals surface area contributed by atoms with Crippen LogP contribution in [-0.4, -0.2) is 23.5 Å². The van der Waals surface area contributed by atoms with E-state index in [0.717, 1.165) is 18.4 Å². The molecule has 1 atom stereocenters. The van der Waals surface area contributed by atoms with Crippen molar-refractivity contribution in [2.75, 3.05) is 6.54 Å². The molecule has 1 aromatic heterocycles. The maximum Gasteiger partial charge on any atom is 0.309 e. The van der Waals surface area contributed by atoms with Gasteiger partial charge in [0, 0.05) is 11.6 Å². The number of carbonyl (C=O) groups is 2. The molecule has 0 spiro atoms. The van der Waals surface area contributed by atoms with Crippen molar-refractivity contribution >= 4 is 23.4 Å². The third kappa shape index (κ3) is 4.21. The number of aliphatic hydroxyl groups is 1. The van der Waals surface area contributed by atoms with E-state index in [-0.39, 0.29) is 19.0 Å². The summed E-state index contributed by atoms with van der Waals surface area (Å²) >= 11 is 5.80. The van der Waals surface area contributed by atoms with Crippen molar-refractivity contribution in [3.05, 3.63) is 59.0 Å². The van der Waals surface area contributed by atoms with Crippen LogP contribution in [0.2, 0.25) is 5.02 Å². The molecular weight excluding hydrogens is 344 g/mol. The molecule has 132 valence electrons. The van der Waals surface area contributed by atoms with E-state index in [1.807, 2.05) is 0 Å². The summed E-state index contributed by atoms with van der Waals surface area (Å²) in [4.78, 5) is 23.9. The van der Waals surface area contributed by atoms with Crippen molar-refractivity contribution in [2.45, 2.75) is 25.0 Å². The van der Waals surface area contributed by atoms with Gasteiger partial charge in [-0.3, -0.25) is 9.59 Å². The number of benzene rings is 1. The number of halogens is 1. The Balaban J connectivity index is 1.52. The SMILES string of the molecule is O=C(NCc1ccc(Cl)cc1)C(=O)NCC(O)(c1ccco1)C1CC1. The van der Waals surface area contributed by atoms with Gasteiger partial charge in [0.1, 0.15) is 11.4 Å². The Morgan fingerprint density at radius 1 is 1.16 bits per heavy atom. The van der Waals surface area contributed by atoms with Crippen molar-refractivity contribution in [3.8, 4) is 0 Å². The maximum absolute atomic E-state index is 12.0. The highest BCUT2D eigenvalue weighted by atomic mass is 35.5. The van der Waals surface area contributed by atoms with Crippen LogP contribution in [0.3, 0.4) is 0 Å². The van der Waals surface area contributed by atoms with E-state index in [0.29, 0.717) is 10.8 Å². The normalized spacial score (nSPS) is 16.1. The van der Waals surface area contributed by atoms with Gasteiger partial charge in [-0.25, -0.2) is 0 Å². The molecule has 7 heteroatoms. The van der Waals surface area contributed by atoms with Gasteiger partial charge in [-0.15, -0.1) is 0 Å². The van der Waals surface area contributed by atoms with Crippen LogP contribution in [0, 0.1) is 5.92 Å². The molecule has 0 aliphatic heterocycles. The summed E-state index contributed by atoms with van der Waals surface area (Å²) in [6.07, 6.45) is 3.19. The first-order valence-corrected chi connectivity index (χ1v) is 8.43. The average molecular weight is 363 g/mol. The Morgan fingerprint density at radius 3 is 2.44 bits per heavy atom. The van der Waals surface area contributed by atoms with Crippen LogP contribution in [0.25, 0.3) is 0 Å². The molecule has 1 aromatic carbocycles. The van der Waals surface area contributed by atoms with Crippen molar-refractivity contribution in [2.24, 2.45) is 5.92 Å². The maximum atomic E-state index is 12.0. The van der Waals surface area contributed by atoms with E-state index < -0.39 is 17.4 Å². The smallest absolute Gasteiger partial charge is 0.309 e. The number of rotatable bonds is 6. The molecule has 0 radical (unpaired) electrons. The zero-order valence-corrected chi connectivity index (χ0v) is 14.3. The van der Waals surface area contributed by atoms with Gasteiger partial charge in [-0.2, -0.15) is 0 Å². The molecule has 2 aromatic rings. The van der Waals surface area contributed by atoms with Gasteiger partial charge in [-0.1, -0.05) is 23.7 Å². The lowest BCUT2D eigenvalue weighted by Gasteiger charge is -2.26. The lowest BCUT2D eigenvalue weighted by atomic mass is 9.94. The molecule has 25 heavy (non-hydrogen) atoms. The molecule has 1 saturated carbocycles. The fraction of sp³-hybridized carbons (Fsp3) is 0.333. The van der Waals surface area contributed by atoms with E-state index in [1.54, 1.807) is 36.4 Å². The van der Waals surface area contributed by atoms with Gasteiger partial charge in [0.25, 0.3) is 0 Å². The lowest BCUT2D eigenvalue weighted by molar-refractivity contribution is -0.140. The third-order valence-electron chi connectivity index (χ3n) is 4.29. The van der Waals surface area contributed by atoms with E-state index in [2.05, 4.69) is 10.6 Å². The molecule has 3 rings (SSSR count). The standard InChI is InChI=1S/C18H19ClN2O4/c19-14-7-3-12(4-8-14)10-20-16(22)17(23)21-11-18(24,13-5-6-13)15-2-1-9-25-15/h1-4,7-9,13,24H,5-6,10-11H2,(H,20,22)(H,21,23). The van der Waals surface area contributed by atoms with Crippen LogP contribution in [0.15, 0.2) is 47.1 Å². The highest BCUT2D eigenvalue weighted by Crippen LogP contribution is 2.45. The van der Waals surface area contributed by atoms with Crippen LogP contribution < -0.4 is 10.6 Å². The monoisotopic (exact) mass is 362 g/mol. The topological polar surface area (TPSA) is 91.6 Å². The van der Waals surface area contributed by atoms with Crippen LogP contribution in [0.5, 0.6) is 0 Å². The number of hydrogen-bond acceptors (Lipinski definition) is 4. The summed E-state index contributed by atoms with van der Waals surface area (Å²) in [5.74, 6) is -1.12. The number of carbonyl (C=O) groups excluding carboxylic acids is 2. The number of hydrogen-bond donors (Lipinski definition) is 3. The van der Waals surface area contributed by atoms with Crippen molar-refractivity contribution in [3.63, 3.8) is 0 Å². The average Bonchev–Trinajstić information content (AvgIpc) is 3.33. The van der Waals surface area contributed by atoms with Gasteiger partial charge < -0.3 is 20.2 Å². The molecule has 1 aliphatic carbocycles. The minimum Gasteiger partial charge on any atom is -0.466 e. The van der Waals surface area contributed by atoms with Crippen molar-refractivity contribution < 1.29 is 19.1 Å². The summed E-state index contributed by atoms with van der Waals surface area (Å²) in [5.41, 5.74) is -0.453. The van der Waals surface area contributed by atoms with Gasteiger partial charge in [0.15, 0.2) is 0 Å². The fourth-order valence-electron chi connectivity index (χ4n) is 2.68. The molecule has 0 bridgehead atoms. The van der Waals surface area contributed by atoms with Crippen molar-refractivity contribution in [1.29, 1.82) is 0 Å². The molecule has 1 fully saturated rings. The first-order valence-electron chi connectivity index (χ1n) is 8.06. The van der Waals surface area contributed by atoms with E-state index in [1.165, 1.54) is 6.26 Å². The van der Waals surface area contributed by atoms with Gasteiger partial charge >= 0.3 is 11.8 Å². The Labute approximate surface area is 150 Å². The minimum absolute atomic E-state index is 0.0241. The van der Waals surface area contributed by atoms with E-state index in [9.17, 15) is 14.7 Å². The molecular formula is C18H19ClN2O4. The predicted molar refractivity (Wildman–Crippen MR) is 91.6 cm³/mol. The first-order chi connectivity index (χ1) is 12.0. The molecule has 1 aliphatic rings. The second kappa shape index (κ2) is 7.29. The summed E-state index contributed by atoms with van der Waals surface area (Å²) in [6, 6.07) is 10.3. The van der Waals surface area contributed by atoms with Crippen LogP contribution >= 0.6 is 11.6 Å². The molecule has 1 heterocycles. The van der Waals surface area contributed by atoms with Gasteiger partial charge in [0.05, 0.1) is 12.8 Å². The predicted octanol–water partition coefficient (Wildman–Crippen LogP) is 1.96. The summed E-state index contributed by atoms with van der Waals surface area (Å²) in [5, 5.41) is 16.5. The molecule has 0 saturated heterocycles. The Hall–Kier alpha value is -2.31. The van der Waals surface area contributed by atoms with Crippen LogP contribution in [-0.2, 0) is 21.7 Å². The minimum atomic E-state index is -1.28. The van der Waals surface area contributed by atoms with Crippen LogP contribution in [0.4, 0.5) is 0 Å². The van der Waals surface area contributed by atoms with Crippen molar-refractivity contribution in [1.82, 2.24) is 10.6 Å².